The second-order valence-electron chi connectivity index (χ2n) is 7.20. The maximum absolute atomic E-state index is 3.74. The quantitative estimate of drug-likeness (QED) is 0.812. The second kappa shape index (κ2) is 5.89. The molecule has 1 heteroatoms. The average Bonchev–Trinajstić information content (AvgIpc) is 2.99. The first kappa shape index (κ1) is 14.1. The molecule has 110 valence electrons. The van der Waals surface area contributed by atoms with Gasteiger partial charge < -0.3 is 5.32 Å². The van der Waals surface area contributed by atoms with Gasteiger partial charge in [0.15, 0.2) is 0 Å². The average molecular weight is 271 g/mol. The molecule has 2 aliphatic rings. The molecule has 0 aliphatic heterocycles. The van der Waals surface area contributed by atoms with Crippen molar-refractivity contribution in [1.29, 1.82) is 0 Å². The first-order valence-electron chi connectivity index (χ1n) is 8.47. The third-order valence-corrected chi connectivity index (χ3v) is 5.52. The summed E-state index contributed by atoms with van der Waals surface area (Å²) < 4.78 is 0. The number of hydrogen-bond donors (Lipinski definition) is 1. The molecule has 0 spiro atoms. The van der Waals surface area contributed by atoms with E-state index in [0.29, 0.717) is 6.04 Å². The van der Waals surface area contributed by atoms with Gasteiger partial charge in [-0.2, -0.15) is 0 Å². The van der Waals surface area contributed by atoms with Crippen LogP contribution in [0.15, 0.2) is 18.2 Å². The summed E-state index contributed by atoms with van der Waals surface area (Å²) in [5.74, 6) is 3.07. The highest BCUT2D eigenvalue weighted by atomic mass is 14.9. The van der Waals surface area contributed by atoms with E-state index in [-0.39, 0.29) is 0 Å². The zero-order valence-corrected chi connectivity index (χ0v) is 13.3. The zero-order chi connectivity index (χ0) is 14.1. The van der Waals surface area contributed by atoms with E-state index in [9.17, 15) is 0 Å². The van der Waals surface area contributed by atoms with Crippen LogP contribution in [0.1, 0.15) is 61.8 Å². The summed E-state index contributed by atoms with van der Waals surface area (Å²) in [6, 6.07) is 7.61. The lowest BCUT2D eigenvalue weighted by Crippen LogP contribution is -2.25. The topological polar surface area (TPSA) is 12.0 Å². The van der Waals surface area contributed by atoms with Crippen molar-refractivity contribution in [1.82, 2.24) is 5.32 Å². The molecule has 1 aromatic rings. The Kier molecular flexibility index (Phi) is 4.16. The predicted molar refractivity (Wildman–Crippen MR) is 85.9 cm³/mol. The van der Waals surface area contributed by atoms with Gasteiger partial charge in [0, 0.05) is 6.04 Å². The molecule has 0 aromatic heterocycles. The Bertz CT molecular complexity index is 445. The van der Waals surface area contributed by atoms with Gasteiger partial charge in [0.05, 0.1) is 0 Å². The molecule has 4 unspecified atom stereocenters. The van der Waals surface area contributed by atoms with Gasteiger partial charge in [-0.1, -0.05) is 42.7 Å². The molecule has 2 fully saturated rings. The van der Waals surface area contributed by atoms with Crippen LogP contribution in [0.5, 0.6) is 0 Å². The molecule has 0 amide bonds. The van der Waals surface area contributed by atoms with Crippen LogP contribution in [0.4, 0.5) is 0 Å². The summed E-state index contributed by atoms with van der Waals surface area (Å²) in [5, 5.41) is 3.74. The van der Waals surface area contributed by atoms with E-state index in [4.69, 9.17) is 0 Å². The van der Waals surface area contributed by atoms with Crippen LogP contribution in [-0.2, 0) is 0 Å². The summed E-state index contributed by atoms with van der Waals surface area (Å²) in [7, 11) is 0. The summed E-state index contributed by atoms with van der Waals surface area (Å²) in [6.07, 6.45) is 7.38. The molecule has 0 radical (unpaired) electrons. The Morgan fingerprint density at radius 2 is 1.85 bits per heavy atom. The third kappa shape index (κ3) is 2.93. The van der Waals surface area contributed by atoms with Crippen LogP contribution in [-0.4, -0.2) is 6.54 Å². The van der Waals surface area contributed by atoms with Crippen molar-refractivity contribution in [2.45, 2.75) is 58.9 Å². The van der Waals surface area contributed by atoms with Gasteiger partial charge in [0.1, 0.15) is 0 Å². The lowest BCUT2D eigenvalue weighted by Gasteiger charge is -2.28. The lowest BCUT2D eigenvalue weighted by molar-refractivity contribution is 0.280. The van der Waals surface area contributed by atoms with E-state index in [1.165, 1.54) is 48.8 Å². The highest BCUT2D eigenvalue weighted by molar-refractivity contribution is 5.30. The van der Waals surface area contributed by atoms with Crippen molar-refractivity contribution >= 4 is 0 Å². The van der Waals surface area contributed by atoms with Crippen molar-refractivity contribution < 1.29 is 0 Å². The first-order valence-corrected chi connectivity index (χ1v) is 8.47. The van der Waals surface area contributed by atoms with Gasteiger partial charge in [-0.15, -0.1) is 0 Å². The minimum absolute atomic E-state index is 0.558. The van der Waals surface area contributed by atoms with E-state index in [1.54, 1.807) is 0 Å². The molecule has 3 rings (SSSR count). The molecule has 0 saturated heterocycles. The van der Waals surface area contributed by atoms with E-state index < -0.39 is 0 Å². The van der Waals surface area contributed by atoms with E-state index in [1.807, 2.05) is 0 Å². The first-order chi connectivity index (χ1) is 9.65. The number of nitrogens with one attached hydrogen (secondary N) is 1. The van der Waals surface area contributed by atoms with Crippen molar-refractivity contribution in [3.8, 4) is 0 Å². The normalized spacial score (nSPS) is 29.9. The Labute approximate surface area is 124 Å². The van der Waals surface area contributed by atoms with Crippen molar-refractivity contribution in [2.24, 2.45) is 17.8 Å². The molecule has 1 nitrogen and oxygen atoms in total. The molecule has 0 heterocycles. The van der Waals surface area contributed by atoms with Crippen LogP contribution >= 0.6 is 0 Å². The van der Waals surface area contributed by atoms with Crippen LogP contribution in [0.2, 0.25) is 0 Å². The highest BCUT2D eigenvalue weighted by Crippen LogP contribution is 2.50. The monoisotopic (exact) mass is 271 g/mol. The Morgan fingerprint density at radius 1 is 1.10 bits per heavy atom. The summed E-state index contributed by atoms with van der Waals surface area (Å²) in [5.41, 5.74) is 4.30. The highest BCUT2D eigenvalue weighted by Gasteiger charge is 2.40. The van der Waals surface area contributed by atoms with Gasteiger partial charge in [-0.25, -0.2) is 0 Å². The molecule has 2 bridgehead atoms. The predicted octanol–water partition coefficient (Wildman–Crippen LogP) is 4.78. The van der Waals surface area contributed by atoms with Crippen LogP contribution in [0.3, 0.4) is 0 Å². The fraction of sp³-hybridized carbons (Fsp3) is 0.684. The fourth-order valence-electron chi connectivity index (χ4n) is 4.76. The molecule has 20 heavy (non-hydrogen) atoms. The summed E-state index contributed by atoms with van der Waals surface area (Å²) in [4.78, 5) is 0. The van der Waals surface area contributed by atoms with Gasteiger partial charge in [-0.3, -0.25) is 0 Å². The minimum atomic E-state index is 0.558. The zero-order valence-electron chi connectivity index (χ0n) is 13.3. The Hall–Kier alpha value is -0.820. The number of fused-ring (bicyclic) bond motifs is 2. The largest absolute Gasteiger partial charge is 0.310 e. The minimum Gasteiger partial charge on any atom is -0.310 e. The molecule has 1 aromatic carbocycles. The molecular weight excluding hydrogens is 242 g/mol. The van der Waals surface area contributed by atoms with Gasteiger partial charge in [0.2, 0.25) is 0 Å². The van der Waals surface area contributed by atoms with Crippen LogP contribution in [0, 0.1) is 31.6 Å². The number of hydrogen-bond acceptors (Lipinski definition) is 1. The third-order valence-electron chi connectivity index (χ3n) is 5.52. The standard InChI is InChI=1S/C19H29N/c1-4-20-19(18-8-13(2)7-14(3)9-18)12-17-11-15-5-6-16(17)10-15/h7-9,15-17,19-20H,4-6,10-12H2,1-3H3. The molecule has 1 N–H and O–H groups in total. The number of benzene rings is 1. The Morgan fingerprint density at radius 3 is 2.40 bits per heavy atom. The Balaban J connectivity index is 1.74. The smallest absolute Gasteiger partial charge is 0.0323 e. The van der Waals surface area contributed by atoms with Crippen LogP contribution in [0.25, 0.3) is 0 Å². The van der Waals surface area contributed by atoms with E-state index in [0.717, 1.165) is 24.3 Å². The summed E-state index contributed by atoms with van der Waals surface area (Å²) >= 11 is 0. The van der Waals surface area contributed by atoms with Gasteiger partial charge in [0.25, 0.3) is 0 Å². The molecule has 2 saturated carbocycles. The van der Waals surface area contributed by atoms with Crippen molar-refractivity contribution in [3.63, 3.8) is 0 Å². The maximum Gasteiger partial charge on any atom is 0.0323 e. The number of aryl methyl sites for hydroxylation is 2. The van der Waals surface area contributed by atoms with E-state index >= 15 is 0 Å². The lowest BCUT2D eigenvalue weighted by atomic mass is 9.82. The second-order valence-corrected chi connectivity index (χ2v) is 7.20. The summed E-state index contributed by atoms with van der Waals surface area (Å²) in [6.45, 7) is 7.74. The fourth-order valence-corrected chi connectivity index (χ4v) is 4.76. The molecular formula is C19H29N. The van der Waals surface area contributed by atoms with Crippen LogP contribution < -0.4 is 5.32 Å². The number of rotatable bonds is 5. The molecule has 2 aliphatic carbocycles. The van der Waals surface area contributed by atoms with Crippen molar-refractivity contribution in [3.05, 3.63) is 34.9 Å². The van der Waals surface area contributed by atoms with E-state index in [2.05, 4.69) is 44.3 Å². The van der Waals surface area contributed by atoms with Crippen molar-refractivity contribution in [2.75, 3.05) is 6.54 Å². The van der Waals surface area contributed by atoms with Gasteiger partial charge >= 0.3 is 0 Å². The molecule has 4 atom stereocenters. The van der Waals surface area contributed by atoms with Gasteiger partial charge in [-0.05, 0) is 69.4 Å². The SMILES string of the molecule is CCNC(CC1CC2CCC1C2)c1cc(C)cc(C)c1. The maximum atomic E-state index is 3.74.